The molecule has 25 heavy (non-hydrogen) atoms. The molecule has 5 nitrogen and oxygen atoms in total. The predicted octanol–water partition coefficient (Wildman–Crippen LogP) is 3.42. The number of hydrogen-bond donors (Lipinski definition) is 2. The van der Waals surface area contributed by atoms with Gasteiger partial charge in [-0.1, -0.05) is 6.07 Å². The molecule has 2 N–H and O–H groups in total. The second kappa shape index (κ2) is 8.16. The Morgan fingerprint density at radius 3 is 2.68 bits per heavy atom. The van der Waals surface area contributed by atoms with Gasteiger partial charge in [0.1, 0.15) is 0 Å². The van der Waals surface area contributed by atoms with Crippen molar-refractivity contribution in [3.05, 3.63) is 46.2 Å². The fourth-order valence-corrected chi connectivity index (χ4v) is 3.69. The molecule has 132 valence electrons. The number of carbonyl (C=O) groups is 2. The molecule has 6 heteroatoms. The summed E-state index contributed by atoms with van der Waals surface area (Å²) >= 11 is 1.39. The molecular weight excluding hydrogens is 334 g/mol. The SMILES string of the molecule is Cc1cc(NC(=O)CCNC(=O)c2cccs2)ccc1N1CCCC1. The van der Waals surface area contributed by atoms with Gasteiger partial charge in [0.15, 0.2) is 0 Å². The van der Waals surface area contributed by atoms with Gasteiger partial charge >= 0.3 is 0 Å². The van der Waals surface area contributed by atoms with Crippen LogP contribution in [-0.4, -0.2) is 31.4 Å². The Kier molecular flexibility index (Phi) is 5.71. The zero-order valence-electron chi connectivity index (χ0n) is 14.4. The lowest BCUT2D eigenvalue weighted by molar-refractivity contribution is -0.116. The van der Waals surface area contributed by atoms with E-state index < -0.39 is 0 Å². The molecule has 1 aromatic heterocycles. The summed E-state index contributed by atoms with van der Waals surface area (Å²) in [4.78, 5) is 26.9. The Morgan fingerprint density at radius 2 is 2.00 bits per heavy atom. The van der Waals surface area contributed by atoms with Gasteiger partial charge in [0.25, 0.3) is 5.91 Å². The van der Waals surface area contributed by atoms with Crippen LogP contribution in [0.5, 0.6) is 0 Å². The van der Waals surface area contributed by atoms with Crippen LogP contribution in [0.15, 0.2) is 35.7 Å². The van der Waals surface area contributed by atoms with E-state index in [0.29, 0.717) is 11.4 Å². The van der Waals surface area contributed by atoms with Crippen molar-refractivity contribution in [1.29, 1.82) is 0 Å². The number of hydrogen-bond acceptors (Lipinski definition) is 4. The van der Waals surface area contributed by atoms with Crippen LogP contribution < -0.4 is 15.5 Å². The van der Waals surface area contributed by atoms with Crippen molar-refractivity contribution < 1.29 is 9.59 Å². The molecule has 0 bridgehead atoms. The van der Waals surface area contributed by atoms with Gasteiger partial charge in [0.05, 0.1) is 4.88 Å². The van der Waals surface area contributed by atoms with Crippen LogP contribution in [0, 0.1) is 6.92 Å². The molecular formula is C19H23N3O2S. The van der Waals surface area contributed by atoms with Crippen molar-refractivity contribution in [2.24, 2.45) is 0 Å². The van der Waals surface area contributed by atoms with E-state index in [2.05, 4.69) is 28.5 Å². The van der Waals surface area contributed by atoms with E-state index in [9.17, 15) is 9.59 Å². The minimum atomic E-state index is -0.131. The molecule has 1 fully saturated rings. The summed E-state index contributed by atoms with van der Waals surface area (Å²) in [5, 5.41) is 7.52. The second-order valence-electron chi connectivity index (χ2n) is 6.23. The van der Waals surface area contributed by atoms with Crippen LogP contribution >= 0.6 is 11.3 Å². The zero-order valence-corrected chi connectivity index (χ0v) is 15.2. The molecule has 3 rings (SSSR count). The molecule has 2 amide bonds. The number of amides is 2. The van der Waals surface area contributed by atoms with E-state index in [0.717, 1.165) is 18.8 Å². The monoisotopic (exact) mass is 357 g/mol. The fourth-order valence-electron chi connectivity index (χ4n) is 3.05. The van der Waals surface area contributed by atoms with Crippen LogP contribution in [-0.2, 0) is 4.79 Å². The molecule has 0 aliphatic carbocycles. The summed E-state index contributed by atoms with van der Waals surface area (Å²) < 4.78 is 0. The third kappa shape index (κ3) is 4.60. The average Bonchev–Trinajstić information content (AvgIpc) is 3.29. The topological polar surface area (TPSA) is 61.4 Å². The molecule has 1 aliphatic heterocycles. The first-order chi connectivity index (χ1) is 12.1. The van der Waals surface area contributed by atoms with E-state index in [1.54, 1.807) is 6.07 Å². The normalized spacial score (nSPS) is 13.7. The molecule has 0 saturated carbocycles. The average molecular weight is 357 g/mol. The van der Waals surface area contributed by atoms with Crippen molar-refractivity contribution in [3.8, 4) is 0 Å². The van der Waals surface area contributed by atoms with Crippen LogP contribution in [0.2, 0.25) is 0 Å². The van der Waals surface area contributed by atoms with E-state index in [-0.39, 0.29) is 18.2 Å². The van der Waals surface area contributed by atoms with Crippen LogP contribution in [0.4, 0.5) is 11.4 Å². The quantitative estimate of drug-likeness (QED) is 0.833. The maximum Gasteiger partial charge on any atom is 0.261 e. The van der Waals surface area contributed by atoms with E-state index in [1.807, 2.05) is 23.6 Å². The minimum absolute atomic E-state index is 0.0974. The first-order valence-corrected chi connectivity index (χ1v) is 9.48. The van der Waals surface area contributed by atoms with E-state index >= 15 is 0 Å². The second-order valence-corrected chi connectivity index (χ2v) is 7.17. The number of aryl methyl sites for hydroxylation is 1. The standard InChI is InChI=1S/C19H23N3O2S/c1-14-13-15(6-7-16(14)22-10-2-3-11-22)21-18(23)8-9-20-19(24)17-5-4-12-25-17/h4-7,12-13H,2-3,8-11H2,1H3,(H,20,24)(H,21,23). The molecule has 1 saturated heterocycles. The summed E-state index contributed by atoms with van der Waals surface area (Å²) in [6.07, 6.45) is 2.74. The summed E-state index contributed by atoms with van der Waals surface area (Å²) in [6.45, 7) is 4.62. The Labute approximate surface area is 152 Å². The van der Waals surface area contributed by atoms with E-state index in [1.165, 1.54) is 35.4 Å². The molecule has 1 aliphatic rings. The van der Waals surface area contributed by atoms with Gasteiger partial charge < -0.3 is 15.5 Å². The molecule has 1 aromatic carbocycles. The fraction of sp³-hybridized carbons (Fsp3) is 0.368. The summed E-state index contributed by atoms with van der Waals surface area (Å²) in [6, 6.07) is 9.64. The summed E-state index contributed by atoms with van der Waals surface area (Å²) in [5.74, 6) is -0.228. The van der Waals surface area contributed by atoms with Crippen molar-refractivity contribution in [1.82, 2.24) is 5.32 Å². The third-order valence-electron chi connectivity index (χ3n) is 4.31. The first-order valence-electron chi connectivity index (χ1n) is 8.60. The lowest BCUT2D eigenvalue weighted by atomic mass is 10.1. The zero-order chi connectivity index (χ0) is 17.6. The molecule has 2 aromatic rings. The first kappa shape index (κ1) is 17.5. The van der Waals surface area contributed by atoms with Crippen LogP contribution in [0.3, 0.4) is 0 Å². The maximum absolute atomic E-state index is 12.1. The number of anilines is 2. The highest BCUT2D eigenvalue weighted by molar-refractivity contribution is 7.12. The number of carbonyl (C=O) groups excluding carboxylic acids is 2. The van der Waals surface area contributed by atoms with Crippen LogP contribution in [0.25, 0.3) is 0 Å². The lowest BCUT2D eigenvalue weighted by Gasteiger charge is -2.20. The highest BCUT2D eigenvalue weighted by Crippen LogP contribution is 2.26. The lowest BCUT2D eigenvalue weighted by Crippen LogP contribution is -2.27. The maximum atomic E-state index is 12.1. The highest BCUT2D eigenvalue weighted by atomic mass is 32.1. The third-order valence-corrected chi connectivity index (χ3v) is 5.18. The minimum Gasteiger partial charge on any atom is -0.371 e. The summed E-state index contributed by atoms with van der Waals surface area (Å²) in [5.41, 5.74) is 3.22. The Balaban J connectivity index is 1.47. The number of nitrogens with zero attached hydrogens (tertiary/aromatic N) is 1. The van der Waals surface area contributed by atoms with Crippen molar-refractivity contribution in [3.63, 3.8) is 0 Å². The van der Waals surface area contributed by atoms with Crippen molar-refractivity contribution >= 4 is 34.5 Å². The van der Waals surface area contributed by atoms with Crippen LogP contribution in [0.1, 0.15) is 34.5 Å². The smallest absolute Gasteiger partial charge is 0.261 e. The van der Waals surface area contributed by atoms with Gasteiger partial charge in [-0.15, -0.1) is 11.3 Å². The number of benzene rings is 1. The van der Waals surface area contributed by atoms with Crippen molar-refractivity contribution in [2.45, 2.75) is 26.2 Å². The van der Waals surface area contributed by atoms with Gasteiger partial charge in [0.2, 0.25) is 5.91 Å². The van der Waals surface area contributed by atoms with Crippen molar-refractivity contribution in [2.75, 3.05) is 29.9 Å². The molecule has 0 unspecified atom stereocenters. The molecule has 0 spiro atoms. The van der Waals surface area contributed by atoms with Gasteiger partial charge in [-0.05, 0) is 55.0 Å². The molecule has 2 heterocycles. The molecule has 0 atom stereocenters. The predicted molar refractivity (Wildman–Crippen MR) is 103 cm³/mol. The number of nitrogens with one attached hydrogen (secondary N) is 2. The number of thiophene rings is 1. The van der Waals surface area contributed by atoms with Gasteiger partial charge in [0, 0.05) is 37.4 Å². The van der Waals surface area contributed by atoms with Gasteiger partial charge in [-0.3, -0.25) is 9.59 Å². The Hall–Kier alpha value is -2.34. The molecule has 0 radical (unpaired) electrons. The Bertz CT molecular complexity index is 737. The number of rotatable bonds is 6. The van der Waals surface area contributed by atoms with E-state index in [4.69, 9.17) is 0 Å². The largest absolute Gasteiger partial charge is 0.371 e. The summed E-state index contributed by atoms with van der Waals surface area (Å²) in [7, 11) is 0. The highest BCUT2D eigenvalue weighted by Gasteiger charge is 2.14. The Morgan fingerprint density at radius 1 is 1.20 bits per heavy atom. The van der Waals surface area contributed by atoms with Gasteiger partial charge in [-0.25, -0.2) is 0 Å². The van der Waals surface area contributed by atoms with Gasteiger partial charge in [-0.2, -0.15) is 0 Å².